The van der Waals surface area contributed by atoms with Crippen LogP contribution in [0.25, 0.3) is 0 Å². The van der Waals surface area contributed by atoms with Crippen LogP contribution in [0.4, 0.5) is 5.69 Å². The standard InChI is InChI=1S/C17H20N2OS/c1-12(2)14-11-21-16(18-14)7-8-17(20)19-10-9-13-5-3-4-6-15(13)19/h3-6,11-12H,7-10H2,1-2H3. The number of fused-ring (bicyclic) bond motifs is 1. The van der Waals surface area contributed by atoms with Crippen LogP contribution in [0.3, 0.4) is 0 Å². The molecule has 4 heteroatoms. The summed E-state index contributed by atoms with van der Waals surface area (Å²) < 4.78 is 0. The van der Waals surface area contributed by atoms with E-state index in [1.807, 2.05) is 23.1 Å². The minimum Gasteiger partial charge on any atom is -0.312 e. The first kappa shape index (κ1) is 14.3. The first-order valence-electron chi connectivity index (χ1n) is 7.47. The van der Waals surface area contributed by atoms with E-state index < -0.39 is 0 Å². The van der Waals surface area contributed by atoms with Gasteiger partial charge < -0.3 is 4.90 Å². The maximum Gasteiger partial charge on any atom is 0.227 e. The van der Waals surface area contributed by atoms with Gasteiger partial charge in [0.1, 0.15) is 0 Å². The van der Waals surface area contributed by atoms with Crippen LogP contribution in [0, 0.1) is 0 Å². The van der Waals surface area contributed by atoms with Crippen molar-refractivity contribution in [2.45, 2.75) is 39.0 Å². The highest BCUT2D eigenvalue weighted by atomic mass is 32.1. The predicted molar refractivity (Wildman–Crippen MR) is 87.0 cm³/mol. The lowest BCUT2D eigenvalue weighted by atomic mass is 10.2. The fraction of sp³-hybridized carbons (Fsp3) is 0.412. The molecule has 21 heavy (non-hydrogen) atoms. The van der Waals surface area contributed by atoms with Crippen molar-refractivity contribution in [1.82, 2.24) is 4.98 Å². The number of aryl methyl sites for hydroxylation is 1. The molecule has 0 bridgehead atoms. The summed E-state index contributed by atoms with van der Waals surface area (Å²) in [6.07, 6.45) is 2.25. The molecule has 0 radical (unpaired) electrons. The minimum absolute atomic E-state index is 0.209. The summed E-state index contributed by atoms with van der Waals surface area (Å²) in [5.74, 6) is 0.664. The zero-order valence-electron chi connectivity index (χ0n) is 12.5. The molecule has 0 unspecified atom stereocenters. The molecule has 110 valence electrons. The van der Waals surface area contributed by atoms with Gasteiger partial charge in [0, 0.05) is 30.5 Å². The number of carbonyl (C=O) groups is 1. The molecule has 0 aliphatic carbocycles. The maximum absolute atomic E-state index is 12.4. The Labute approximate surface area is 129 Å². The van der Waals surface area contributed by atoms with E-state index in [1.54, 1.807) is 11.3 Å². The van der Waals surface area contributed by atoms with Crippen molar-refractivity contribution in [2.24, 2.45) is 0 Å². The van der Waals surface area contributed by atoms with Crippen LogP contribution < -0.4 is 4.90 Å². The van der Waals surface area contributed by atoms with Gasteiger partial charge in [0.25, 0.3) is 0 Å². The number of rotatable bonds is 4. The van der Waals surface area contributed by atoms with E-state index in [0.717, 1.165) is 35.8 Å². The van der Waals surface area contributed by atoms with E-state index in [9.17, 15) is 4.79 Å². The van der Waals surface area contributed by atoms with Gasteiger partial charge >= 0.3 is 0 Å². The smallest absolute Gasteiger partial charge is 0.227 e. The van der Waals surface area contributed by atoms with Gasteiger partial charge in [0.2, 0.25) is 5.91 Å². The highest BCUT2D eigenvalue weighted by molar-refractivity contribution is 7.09. The highest BCUT2D eigenvalue weighted by Crippen LogP contribution is 2.28. The Morgan fingerprint density at radius 3 is 2.95 bits per heavy atom. The Balaban J connectivity index is 1.62. The third-order valence-corrected chi connectivity index (χ3v) is 4.83. The number of thiazole rings is 1. The molecule has 0 saturated heterocycles. The van der Waals surface area contributed by atoms with Crippen molar-refractivity contribution in [3.05, 3.63) is 45.9 Å². The van der Waals surface area contributed by atoms with Crippen molar-refractivity contribution in [3.8, 4) is 0 Å². The van der Waals surface area contributed by atoms with E-state index in [0.29, 0.717) is 12.3 Å². The van der Waals surface area contributed by atoms with Crippen LogP contribution in [0.2, 0.25) is 0 Å². The Morgan fingerprint density at radius 1 is 1.38 bits per heavy atom. The topological polar surface area (TPSA) is 33.2 Å². The molecular formula is C17H20N2OS. The second kappa shape index (κ2) is 5.98. The third-order valence-electron chi connectivity index (χ3n) is 3.90. The third kappa shape index (κ3) is 3.00. The van der Waals surface area contributed by atoms with E-state index >= 15 is 0 Å². The first-order chi connectivity index (χ1) is 10.1. The van der Waals surface area contributed by atoms with Crippen LogP contribution in [0.1, 0.15) is 42.5 Å². The number of benzene rings is 1. The largest absolute Gasteiger partial charge is 0.312 e. The van der Waals surface area contributed by atoms with Gasteiger partial charge in [-0.25, -0.2) is 4.98 Å². The molecule has 3 rings (SSSR count). The van der Waals surface area contributed by atoms with Crippen molar-refractivity contribution in [3.63, 3.8) is 0 Å². The zero-order chi connectivity index (χ0) is 14.8. The molecule has 1 aliphatic heterocycles. The minimum atomic E-state index is 0.209. The monoisotopic (exact) mass is 300 g/mol. The summed E-state index contributed by atoms with van der Waals surface area (Å²) in [5.41, 5.74) is 3.50. The van der Waals surface area contributed by atoms with Gasteiger partial charge in [-0.2, -0.15) is 0 Å². The number of aromatic nitrogens is 1. The molecule has 2 aromatic rings. The summed E-state index contributed by atoms with van der Waals surface area (Å²) in [4.78, 5) is 18.9. The molecule has 0 spiro atoms. The van der Waals surface area contributed by atoms with Crippen LogP contribution >= 0.6 is 11.3 Å². The van der Waals surface area contributed by atoms with Crippen LogP contribution in [-0.4, -0.2) is 17.4 Å². The van der Waals surface area contributed by atoms with Gasteiger partial charge in [-0.15, -0.1) is 11.3 Å². The van der Waals surface area contributed by atoms with E-state index in [-0.39, 0.29) is 5.91 Å². The van der Waals surface area contributed by atoms with Crippen molar-refractivity contribution in [2.75, 3.05) is 11.4 Å². The van der Waals surface area contributed by atoms with Gasteiger partial charge in [-0.1, -0.05) is 32.0 Å². The van der Waals surface area contributed by atoms with Crippen LogP contribution in [-0.2, 0) is 17.6 Å². The summed E-state index contributed by atoms with van der Waals surface area (Å²) in [6, 6.07) is 8.19. The lowest BCUT2D eigenvalue weighted by Crippen LogP contribution is -2.29. The molecule has 0 atom stereocenters. The van der Waals surface area contributed by atoms with Gasteiger partial charge in [-0.3, -0.25) is 4.79 Å². The number of para-hydroxylation sites is 1. The number of carbonyl (C=O) groups excluding carboxylic acids is 1. The number of anilines is 1. The normalized spacial score (nSPS) is 13.8. The second-order valence-corrected chi connectivity index (χ2v) is 6.69. The zero-order valence-corrected chi connectivity index (χ0v) is 13.3. The lowest BCUT2D eigenvalue weighted by molar-refractivity contribution is -0.118. The van der Waals surface area contributed by atoms with E-state index in [2.05, 4.69) is 30.3 Å². The Hall–Kier alpha value is -1.68. The number of hydrogen-bond acceptors (Lipinski definition) is 3. The molecule has 1 aromatic carbocycles. The fourth-order valence-corrected chi connectivity index (χ4v) is 3.61. The fourth-order valence-electron chi connectivity index (χ4n) is 2.65. The van der Waals surface area contributed by atoms with Gasteiger partial charge in [0.05, 0.1) is 10.7 Å². The molecule has 0 saturated carbocycles. The first-order valence-corrected chi connectivity index (χ1v) is 8.35. The molecule has 0 fully saturated rings. The van der Waals surface area contributed by atoms with Gasteiger partial charge in [-0.05, 0) is 24.0 Å². The summed E-state index contributed by atoms with van der Waals surface area (Å²) >= 11 is 1.67. The SMILES string of the molecule is CC(C)c1csc(CCC(=O)N2CCc3ccccc32)n1. The molecular weight excluding hydrogens is 280 g/mol. The molecule has 3 nitrogen and oxygen atoms in total. The van der Waals surface area contributed by atoms with E-state index in [1.165, 1.54) is 5.56 Å². The molecule has 0 N–H and O–H groups in total. The van der Waals surface area contributed by atoms with Crippen molar-refractivity contribution >= 4 is 22.9 Å². The summed E-state index contributed by atoms with van der Waals surface area (Å²) in [5, 5.41) is 3.18. The quantitative estimate of drug-likeness (QED) is 0.860. The second-order valence-electron chi connectivity index (χ2n) is 5.74. The lowest BCUT2D eigenvalue weighted by Gasteiger charge is -2.16. The number of amides is 1. The average molecular weight is 300 g/mol. The van der Waals surface area contributed by atoms with Crippen LogP contribution in [0.5, 0.6) is 0 Å². The molecule has 2 heterocycles. The molecule has 1 aromatic heterocycles. The summed E-state index contributed by atoms with van der Waals surface area (Å²) in [7, 11) is 0. The Bertz CT molecular complexity index is 648. The molecule has 1 aliphatic rings. The average Bonchev–Trinajstić information content (AvgIpc) is 3.11. The number of hydrogen-bond donors (Lipinski definition) is 0. The van der Waals surface area contributed by atoms with Crippen molar-refractivity contribution in [1.29, 1.82) is 0 Å². The Kier molecular flexibility index (Phi) is 4.06. The molecule has 1 amide bonds. The van der Waals surface area contributed by atoms with Crippen LogP contribution in [0.15, 0.2) is 29.6 Å². The van der Waals surface area contributed by atoms with E-state index in [4.69, 9.17) is 0 Å². The predicted octanol–water partition coefficient (Wildman–Crippen LogP) is 3.79. The van der Waals surface area contributed by atoms with Crippen molar-refractivity contribution < 1.29 is 4.79 Å². The number of nitrogens with zero attached hydrogens (tertiary/aromatic N) is 2. The van der Waals surface area contributed by atoms with Gasteiger partial charge in [0.15, 0.2) is 0 Å². The Morgan fingerprint density at radius 2 is 2.19 bits per heavy atom. The maximum atomic E-state index is 12.4. The highest BCUT2D eigenvalue weighted by Gasteiger charge is 2.23. The summed E-state index contributed by atoms with van der Waals surface area (Å²) in [6.45, 7) is 5.10.